The summed E-state index contributed by atoms with van der Waals surface area (Å²) in [4.78, 5) is 22.1. The van der Waals surface area contributed by atoms with Crippen molar-refractivity contribution in [2.45, 2.75) is 37.9 Å². The second-order valence-corrected chi connectivity index (χ2v) is 9.77. The number of carbonyl (C=O) groups is 1. The van der Waals surface area contributed by atoms with Crippen LogP contribution in [-0.2, 0) is 11.8 Å². The van der Waals surface area contributed by atoms with E-state index in [-0.39, 0.29) is 72.0 Å². The zero-order valence-electron chi connectivity index (χ0n) is 20.5. The van der Waals surface area contributed by atoms with Gasteiger partial charge in [0.1, 0.15) is 23.5 Å². The van der Waals surface area contributed by atoms with Gasteiger partial charge in [-0.2, -0.15) is 18.2 Å². The molecule has 0 spiro atoms. The van der Waals surface area contributed by atoms with Gasteiger partial charge >= 0.3 is 6.18 Å². The molecule has 0 aliphatic heterocycles. The third-order valence-corrected chi connectivity index (χ3v) is 6.95. The van der Waals surface area contributed by atoms with Gasteiger partial charge < -0.3 is 20.1 Å². The first kappa shape index (κ1) is 28.2. The van der Waals surface area contributed by atoms with Crippen LogP contribution in [0.4, 0.5) is 29.2 Å². The fraction of sp³-hybridized carbons (Fsp3) is 0.458. The second-order valence-electron chi connectivity index (χ2n) is 8.95. The number of carbonyl (C=O) groups excluding carboxylic acids is 1. The van der Waals surface area contributed by atoms with Crippen LogP contribution in [-0.4, -0.2) is 53.0 Å². The summed E-state index contributed by atoms with van der Waals surface area (Å²) in [6, 6.07) is 3.28. The van der Waals surface area contributed by atoms with Crippen LogP contribution in [0.3, 0.4) is 0 Å². The van der Waals surface area contributed by atoms with Gasteiger partial charge in [0.25, 0.3) is 5.91 Å². The van der Waals surface area contributed by atoms with E-state index in [9.17, 15) is 22.4 Å². The fourth-order valence-electron chi connectivity index (χ4n) is 4.30. The largest absolute Gasteiger partial charge is 0.475 e. The van der Waals surface area contributed by atoms with Crippen molar-refractivity contribution in [1.82, 2.24) is 19.9 Å². The quantitative estimate of drug-likeness (QED) is 0.251. The molecular weight excluding hydrogens is 553 g/mol. The van der Waals surface area contributed by atoms with Crippen molar-refractivity contribution < 1.29 is 31.8 Å². The molecule has 1 amide bonds. The van der Waals surface area contributed by atoms with E-state index in [4.69, 9.17) is 32.7 Å². The van der Waals surface area contributed by atoms with E-state index in [0.717, 1.165) is 12.1 Å². The first-order valence-corrected chi connectivity index (χ1v) is 12.5. The van der Waals surface area contributed by atoms with Crippen molar-refractivity contribution in [1.29, 1.82) is 0 Å². The molecule has 2 heterocycles. The van der Waals surface area contributed by atoms with Crippen LogP contribution in [0, 0.1) is 11.7 Å². The molecule has 4 rings (SSSR count). The van der Waals surface area contributed by atoms with Crippen LogP contribution in [0.25, 0.3) is 11.2 Å². The molecule has 3 aromatic rings. The number of hydrogen-bond donors (Lipinski definition) is 2. The smallest absolute Gasteiger partial charge is 0.391 e. The molecule has 38 heavy (non-hydrogen) atoms. The summed E-state index contributed by atoms with van der Waals surface area (Å²) in [5, 5.41) is 5.84. The molecule has 14 heteroatoms. The number of methoxy groups -OCH3 is 1. The summed E-state index contributed by atoms with van der Waals surface area (Å²) in [5.74, 6) is -2.22. The highest BCUT2D eigenvalue weighted by Gasteiger charge is 2.41. The van der Waals surface area contributed by atoms with E-state index in [0.29, 0.717) is 11.2 Å². The number of hydrogen-bond acceptors (Lipinski definition) is 6. The zero-order chi connectivity index (χ0) is 27.6. The molecule has 206 valence electrons. The van der Waals surface area contributed by atoms with Gasteiger partial charge in [-0.15, -0.1) is 0 Å². The lowest BCUT2D eigenvalue weighted by Gasteiger charge is -2.30. The van der Waals surface area contributed by atoms with E-state index in [1.54, 1.807) is 11.6 Å². The minimum atomic E-state index is -4.24. The topological polar surface area (TPSA) is 90.3 Å². The molecule has 2 N–H and O–H groups in total. The van der Waals surface area contributed by atoms with E-state index in [1.165, 1.54) is 13.2 Å². The number of rotatable bonds is 8. The SMILES string of the molecule is COCCOc1nc2c(cc1C(=O)N[C@H]1CC[C@H](C(F)(F)F)CC1)nc(Nc1c(Cl)cc(F)cc1Cl)n2C. The minimum Gasteiger partial charge on any atom is -0.475 e. The first-order chi connectivity index (χ1) is 18.0. The molecule has 0 saturated heterocycles. The Morgan fingerprint density at radius 3 is 2.37 bits per heavy atom. The van der Waals surface area contributed by atoms with Crippen LogP contribution in [0.1, 0.15) is 36.0 Å². The van der Waals surface area contributed by atoms with E-state index >= 15 is 0 Å². The van der Waals surface area contributed by atoms with Gasteiger partial charge in [0, 0.05) is 20.2 Å². The molecule has 0 atom stereocenters. The van der Waals surface area contributed by atoms with Crippen LogP contribution < -0.4 is 15.4 Å². The predicted octanol–water partition coefficient (Wildman–Crippen LogP) is 6.03. The minimum absolute atomic E-state index is 0.0171. The van der Waals surface area contributed by atoms with E-state index in [2.05, 4.69) is 20.6 Å². The Kier molecular flexibility index (Phi) is 8.53. The van der Waals surface area contributed by atoms with Crippen LogP contribution in [0.15, 0.2) is 18.2 Å². The van der Waals surface area contributed by atoms with Crippen molar-refractivity contribution in [3.63, 3.8) is 0 Å². The van der Waals surface area contributed by atoms with Crippen LogP contribution in [0.5, 0.6) is 5.88 Å². The van der Waals surface area contributed by atoms with E-state index in [1.807, 2.05) is 0 Å². The number of nitrogens with one attached hydrogen (secondary N) is 2. The molecule has 0 unspecified atom stereocenters. The lowest BCUT2D eigenvalue weighted by Crippen LogP contribution is -2.40. The molecule has 8 nitrogen and oxygen atoms in total. The number of alkyl halides is 3. The van der Waals surface area contributed by atoms with Crippen molar-refractivity contribution in [2.24, 2.45) is 13.0 Å². The predicted molar refractivity (Wildman–Crippen MR) is 135 cm³/mol. The highest BCUT2D eigenvalue weighted by molar-refractivity contribution is 6.39. The number of benzene rings is 1. The lowest BCUT2D eigenvalue weighted by molar-refractivity contribution is -0.182. The number of aryl methyl sites for hydroxylation is 1. The molecule has 1 aromatic carbocycles. The number of ether oxygens (including phenoxy) is 2. The molecule has 1 fully saturated rings. The van der Waals surface area contributed by atoms with Gasteiger partial charge in [-0.25, -0.2) is 9.37 Å². The molecule has 2 aromatic heterocycles. The Morgan fingerprint density at radius 2 is 1.76 bits per heavy atom. The Bertz CT molecular complexity index is 1300. The normalized spacial score (nSPS) is 18.0. The van der Waals surface area contributed by atoms with Crippen molar-refractivity contribution >= 4 is 51.9 Å². The molecule has 1 aliphatic rings. The molecule has 0 bridgehead atoms. The summed E-state index contributed by atoms with van der Waals surface area (Å²) >= 11 is 12.3. The highest BCUT2D eigenvalue weighted by atomic mass is 35.5. The Morgan fingerprint density at radius 1 is 1.11 bits per heavy atom. The summed E-state index contributed by atoms with van der Waals surface area (Å²) < 4.78 is 64.9. The number of imidazole rings is 1. The van der Waals surface area contributed by atoms with Gasteiger partial charge in [0.05, 0.1) is 28.3 Å². The standard InChI is InChI=1S/C24H25Cl2F4N5O3/c1-35-20-18(32-23(35)33-19-16(25)9-13(27)10-17(19)26)11-15(22(34-20)38-8-7-37-2)21(36)31-14-5-3-12(4-6-14)24(28,29)30/h9-12,14H,3-8H2,1-2H3,(H,31,36)(H,32,33)/t12-,14-. The van der Waals surface area contributed by atoms with Crippen molar-refractivity contribution in [3.8, 4) is 5.88 Å². The van der Waals surface area contributed by atoms with Gasteiger partial charge in [-0.05, 0) is 43.9 Å². The van der Waals surface area contributed by atoms with Crippen molar-refractivity contribution in [3.05, 3.63) is 39.6 Å². The number of pyridine rings is 1. The molecular formula is C24H25Cl2F4N5O3. The summed E-state index contributed by atoms with van der Waals surface area (Å²) in [7, 11) is 3.16. The van der Waals surface area contributed by atoms with Gasteiger partial charge in [-0.1, -0.05) is 23.2 Å². The summed E-state index contributed by atoms with van der Waals surface area (Å²) in [6.07, 6.45) is -3.91. The monoisotopic (exact) mass is 577 g/mol. The van der Waals surface area contributed by atoms with Gasteiger partial charge in [-0.3, -0.25) is 9.36 Å². The van der Waals surface area contributed by atoms with Gasteiger partial charge in [0.15, 0.2) is 5.65 Å². The number of fused-ring (bicyclic) bond motifs is 1. The average molecular weight is 578 g/mol. The summed E-state index contributed by atoms with van der Waals surface area (Å²) in [5.41, 5.74) is 0.997. The van der Waals surface area contributed by atoms with Crippen LogP contribution in [0.2, 0.25) is 10.0 Å². The number of nitrogens with zero attached hydrogens (tertiary/aromatic N) is 3. The maximum Gasteiger partial charge on any atom is 0.391 e. The Balaban J connectivity index is 1.61. The fourth-order valence-corrected chi connectivity index (χ4v) is 4.86. The summed E-state index contributed by atoms with van der Waals surface area (Å²) in [6.45, 7) is 0.345. The van der Waals surface area contributed by atoms with Crippen LogP contribution >= 0.6 is 23.2 Å². The van der Waals surface area contributed by atoms with Gasteiger partial charge in [0.2, 0.25) is 11.8 Å². The Labute approximate surface area is 225 Å². The highest BCUT2D eigenvalue weighted by Crippen LogP contribution is 2.38. The molecule has 1 saturated carbocycles. The number of aromatic nitrogens is 3. The molecule has 1 aliphatic carbocycles. The zero-order valence-corrected chi connectivity index (χ0v) is 22.0. The number of amides is 1. The maximum atomic E-state index is 13.6. The second kappa shape index (κ2) is 11.5. The average Bonchev–Trinajstić information content (AvgIpc) is 3.15. The number of halogens is 6. The lowest BCUT2D eigenvalue weighted by atomic mass is 9.85. The Hall–Kier alpha value is -2.83. The van der Waals surface area contributed by atoms with Crippen molar-refractivity contribution in [2.75, 3.05) is 25.6 Å². The third kappa shape index (κ3) is 6.24. The molecule has 0 radical (unpaired) electrons. The first-order valence-electron chi connectivity index (χ1n) is 11.8. The maximum absolute atomic E-state index is 13.6. The third-order valence-electron chi connectivity index (χ3n) is 6.35. The number of anilines is 2. The van der Waals surface area contributed by atoms with E-state index < -0.39 is 29.9 Å².